The molecule has 0 atom stereocenters. The van der Waals surface area contributed by atoms with Gasteiger partial charge in [0.05, 0.1) is 17.8 Å². The molecule has 3 rings (SSSR count). The Kier molecular flexibility index (Phi) is 3.52. The SMILES string of the molecule is CCc1ccc2c(c1)C(=O)C(=O)N2Cc1ccccc1Cl. The zero-order valence-electron chi connectivity index (χ0n) is 11.6. The summed E-state index contributed by atoms with van der Waals surface area (Å²) in [4.78, 5) is 25.8. The van der Waals surface area contributed by atoms with Crippen molar-refractivity contribution < 1.29 is 9.59 Å². The third kappa shape index (κ3) is 2.34. The molecule has 1 heterocycles. The number of benzene rings is 2. The largest absolute Gasteiger partial charge is 0.300 e. The number of amides is 1. The predicted molar refractivity (Wildman–Crippen MR) is 82.8 cm³/mol. The maximum Gasteiger partial charge on any atom is 0.299 e. The molecule has 0 bridgehead atoms. The van der Waals surface area contributed by atoms with Gasteiger partial charge in [-0.15, -0.1) is 0 Å². The van der Waals surface area contributed by atoms with Gasteiger partial charge in [0, 0.05) is 5.02 Å². The smallest absolute Gasteiger partial charge is 0.299 e. The van der Waals surface area contributed by atoms with Crippen LogP contribution in [0, 0.1) is 0 Å². The molecule has 3 nitrogen and oxygen atoms in total. The number of Topliss-reactive ketones (excluding diaryl/α,β-unsaturated/α-hetero) is 1. The van der Waals surface area contributed by atoms with E-state index in [2.05, 4.69) is 0 Å². The van der Waals surface area contributed by atoms with Crippen molar-refractivity contribution in [3.05, 3.63) is 64.2 Å². The number of hydrogen-bond donors (Lipinski definition) is 0. The molecule has 0 saturated carbocycles. The van der Waals surface area contributed by atoms with Crippen LogP contribution < -0.4 is 4.90 Å². The third-order valence-corrected chi connectivity index (χ3v) is 4.10. The minimum atomic E-state index is -0.488. The number of nitrogens with zero attached hydrogens (tertiary/aromatic N) is 1. The maximum absolute atomic E-state index is 12.2. The Labute approximate surface area is 128 Å². The molecule has 0 N–H and O–H groups in total. The molecule has 106 valence electrons. The number of carbonyl (C=O) groups excluding carboxylic acids is 2. The quantitative estimate of drug-likeness (QED) is 0.812. The van der Waals surface area contributed by atoms with E-state index in [4.69, 9.17) is 11.6 Å². The van der Waals surface area contributed by atoms with E-state index in [1.165, 1.54) is 4.90 Å². The van der Waals surface area contributed by atoms with E-state index >= 15 is 0 Å². The average Bonchev–Trinajstić information content (AvgIpc) is 2.74. The molecule has 21 heavy (non-hydrogen) atoms. The second-order valence-electron chi connectivity index (χ2n) is 5.02. The van der Waals surface area contributed by atoms with Gasteiger partial charge in [0.2, 0.25) is 0 Å². The van der Waals surface area contributed by atoms with E-state index in [9.17, 15) is 9.59 Å². The lowest BCUT2D eigenvalue weighted by atomic mass is 10.1. The first kappa shape index (κ1) is 13.8. The summed E-state index contributed by atoms with van der Waals surface area (Å²) in [7, 11) is 0. The summed E-state index contributed by atoms with van der Waals surface area (Å²) in [5.74, 6) is -0.925. The van der Waals surface area contributed by atoms with Crippen molar-refractivity contribution in [3.63, 3.8) is 0 Å². The van der Waals surface area contributed by atoms with Crippen LogP contribution in [0.15, 0.2) is 42.5 Å². The lowest BCUT2D eigenvalue weighted by Gasteiger charge is -2.17. The standard InChI is InChI=1S/C17H14ClNO2/c1-2-11-7-8-15-13(9-11)16(20)17(21)19(15)10-12-5-3-4-6-14(12)18/h3-9H,2,10H2,1H3. The Morgan fingerprint density at radius 2 is 1.86 bits per heavy atom. The molecule has 0 radical (unpaired) electrons. The number of anilines is 1. The van der Waals surface area contributed by atoms with Gasteiger partial charge in [-0.25, -0.2) is 0 Å². The van der Waals surface area contributed by atoms with Gasteiger partial charge in [-0.3, -0.25) is 9.59 Å². The lowest BCUT2D eigenvalue weighted by molar-refractivity contribution is -0.114. The molecule has 2 aromatic rings. The molecular formula is C17H14ClNO2. The van der Waals surface area contributed by atoms with Gasteiger partial charge in [-0.2, -0.15) is 0 Å². The fraction of sp³-hybridized carbons (Fsp3) is 0.176. The van der Waals surface area contributed by atoms with Crippen molar-refractivity contribution in [2.24, 2.45) is 0 Å². The number of rotatable bonds is 3. The van der Waals surface area contributed by atoms with E-state index in [0.29, 0.717) is 22.8 Å². The Morgan fingerprint density at radius 1 is 1.10 bits per heavy atom. The zero-order valence-corrected chi connectivity index (χ0v) is 12.4. The Hall–Kier alpha value is -2.13. The van der Waals surface area contributed by atoms with E-state index in [1.54, 1.807) is 6.07 Å². The van der Waals surface area contributed by atoms with Crippen LogP contribution in [-0.2, 0) is 17.8 Å². The van der Waals surface area contributed by atoms with Gasteiger partial charge >= 0.3 is 0 Å². The summed E-state index contributed by atoms with van der Waals surface area (Å²) in [5, 5.41) is 0.594. The van der Waals surface area contributed by atoms with Crippen molar-refractivity contribution in [1.29, 1.82) is 0 Å². The van der Waals surface area contributed by atoms with Crippen LogP contribution in [0.1, 0.15) is 28.4 Å². The highest BCUT2D eigenvalue weighted by molar-refractivity contribution is 6.52. The highest BCUT2D eigenvalue weighted by Crippen LogP contribution is 2.32. The normalized spacial score (nSPS) is 13.7. The number of aryl methyl sites for hydroxylation is 1. The van der Waals surface area contributed by atoms with Crippen LogP contribution >= 0.6 is 11.6 Å². The number of fused-ring (bicyclic) bond motifs is 1. The van der Waals surface area contributed by atoms with Crippen LogP contribution in [0.4, 0.5) is 5.69 Å². The minimum absolute atomic E-state index is 0.308. The van der Waals surface area contributed by atoms with Gasteiger partial charge in [0.25, 0.3) is 11.7 Å². The predicted octanol–water partition coefficient (Wildman–Crippen LogP) is 3.63. The van der Waals surface area contributed by atoms with Gasteiger partial charge in [0.1, 0.15) is 0 Å². The minimum Gasteiger partial charge on any atom is -0.300 e. The first-order chi connectivity index (χ1) is 10.1. The van der Waals surface area contributed by atoms with Gasteiger partial charge in [0.15, 0.2) is 0 Å². The Morgan fingerprint density at radius 3 is 2.57 bits per heavy atom. The van der Waals surface area contributed by atoms with Crippen LogP contribution in [0.25, 0.3) is 0 Å². The molecule has 2 aromatic carbocycles. The number of hydrogen-bond acceptors (Lipinski definition) is 2. The molecule has 1 aliphatic rings. The van der Waals surface area contributed by atoms with Gasteiger partial charge < -0.3 is 4.90 Å². The van der Waals surface area contributed by atoms with E-state index in [-0.39, 0.29) is 0 Å². The number of halogens is 1. The second-order valence-corrected chi connectivity index (χ2v) is 5.42. The van der Waals surface area contributed by atoms with Crippen molar-refractivity contribution in [1.82, 2.24) is 0 Å². The molecule has 0 saturated heterocycles. The summed E-state index contributed by atoms with van der Waals surface area (Å²) in [6, 6.07) is 12.9. The van der Waals surface area contributed by atoms with Crippen LogP contribution in [0.5, 0.6) is 0 Å². The summed E-state index contributed by atoms with van der Waals surface area (Å²) in [6.45, 7) is 2.33. The molecule has 0 unspecified atom stereocenters. The van der Waals surface area contributed by atoms with Crippen molar-refractivity contribution >= 4 is 29.0 Å². The maximum atomic E-state index is 12.2. The Bertz CT molecular complexity index is 739. The first-order valence-electron chi connectivity index (χ1n) is 6.84. The topological polar surface area (TPSA) is 37.4 Å². The monoisotopic (exact) mass is 299 g/mol. The zero-order chi connectivity index (χ0) is 15.0. The Balaban J connectivity index is 2.00. The molecule has 0 aromatic heterocycles. The molecule has 4 heteroatoms. The van der Waals surface area contributed by atoms with Gasteiger partial charge in [-0.05, 0) is 35.7 Å². The van der Waals surface area contributed by atoms with Crippen molar-refractivity contribution in [2.75, 3.05) is 4.90 Å². The molecule has 0 spiro atoms. The average molecular weight is 300 g/mol. The summed E-state index contributed by atoms with van der Waals surface area (Å²) in [5.41, 5.74) is 3.04. The molecule has 1 amide bonds. The van der Waals surface area contributed by atoms with Crippen LogP contribution in [-0.4, -0.2) is 11.7 Å². The summed E-state index contributed by atoms with van der Waals surface area (Å²) in [6.07, 6.45) is 0.833. The number of ketones is 1. The van der Waals surface area contributed by atoms with Crippen molar-refractivity contribution in [2.45, 2.75) is 19.9 Å². The lowest BCUT2D eigenvalue weighted by Crippen LogP contribution is -2.29. The highest BCUT2D eigenvalue weighted by atomic mass is 35.5. The fourth-order valence-corrected chi connectivity index (χ4v) is 2.72. The molecule has 0 aliphatic carbocycles. The molecule has 1 aliphatic heterocycles. The van der Waals surface area contributed by atoms with E-state index in [0.717, 1.165) is 17.5 Å². The van der Waals surface area contributed by atoms with Crippen molar-refractivity contribution in [3.8, 4) is 0 Å². The third-order valence-electron chi connectivity index (χ3n) is 3.73. The van der Waals surface area contributed by atoms with Crippen LogP contribution in [0.2, 0.25) is 5.02 Å². The van der Waals surface area contributed by atoms with E-state index in [1.807, 2.05) is 43.3 Å². The fourth-order valence-electron chi connectivity index (χ4n) is 2.52. The van der Waals surface area contributed by atoms with Gasteiger partial charge in [-0.1, -0.05) is 42.8 Å². The summed E-state index contributed by atoms with van der Waals surface area (Å²) >= 11 is 6.14. The molecule has 0 fully saturated rings. The van der Waals surface area contributed by atoms with Crippen LogP contribution in [0.3, 0.4) is 0 Å². The molecular weight excluding hydrogens is 286 g/mol. The number of carbonyl (C=O) groups is 2. The highest BCUT2D eigenvalue weighted by Gasteiger charge is 2.35. The first-order valence-corrected chi connectivity index (χ1v) is 7.22. The second kappa shape index (κ2) is 5.34. The summed E-state index contributed by atoms with van der Waals surface area (Å²) < 4.78 is 0. The van der Waals surface area contributed by atoms with E-state index < -0.39 is 11.7 Å².